The third kappa shape index (κ3) is 2.90. The number of para-hydroxylation sites is 1. The van der Waals surface area contributed by atoms with Crippen LogP contribution in [0.3, 0.4) is 0 Å². The molecule has 0 aliphatic carbocycles. The van der Waals surface area contributed by atoms with Gasteiger partial charge < -0.3 is 10.5 Å². The van der Waals surface area contributed by atoms with Crippen LogP contribution in [-0.4, -0.2) is 0 Å². The maximum atomic E-state index is 6.09. The largest absolute Gasteiger partial charge is 0.455 e. The van der Waals surface area contributed by atoms with Gasteiger partial charge in [0.2, 0.25) is 0 Å². The molecular formula is C13H10Cl3NO. The molecule has 0 saturated heterocycles. The summed E-state index contributed by atoms with van der Waals surface area (Å²) in [6.07, 6.45) is 0. The van der Waals surface area contributed by atoms with Crippen molar-refractivity contribution in [1.29, 1.82) is 0 Å². The first kappa shape index (κ1) is 13.5. The molecule has 0 heterocycles. The number of hydrogen-bond acceptors (Lipinski definition) is 2. The summed E-state index contributed by atoms with van der Waals surface area (Å²) in [6.45, 7) is 0.344. The second-order valence-corrected chi connectivity index (χ2v) is 4.83. The normalized spacial score (nSPS) is 10.4. The molecule has 0 spiro atoms. The van der Waals surface area contributed by atoms with Crippen molar-refractivity contribution < 1.29 is 4.74 Å². The fourth-order valence-electron chi connectivity index (χ4n) is 1.49. The summed E-state index contributed by atoms with van der Waals surface area (Å²) in [5.41, 5.74) is 6.47. The van der Waals surface area contributed by atoms with Crippen LogP contribution >= 0.6 is 34.8 Å². The summed E-state index contributed by atoms with van der Waals surface area (Å²) >= 11 is 17.9. The molecule has 0 aliphatic rings. The van der Waals surface area contributed by atoms with Crippen LogP contribution in [0, 0.1) is 0 Å². The van der Waals surface area contributed by atoms with Crippen LogP contribution in [0.4, 0.5) is 0 Å². The Morgan fingerprint density at radius 2 is 1.72 bits per heavy atom. The van der Waals surface area contributed by atoms with Gasteiger partial charge in [-0.05, 0) is 18.2 Å². The molecule has 0 fully saturated rings. The lowest BCUT2D eigenvalue weighted by atomic mass is 10.2. The van der Waals surface area contributed by atoms with Crippen LogP contribution in [0.2, 0.25) is 15.1 Å². The van der Waals surface area contributed by atoms with Crippen LogP contribution in [0.1, 0.15) is 5.56 Å². The number of ether oxygens (including phenoxy) is 1. The summed E-state index contributed by atoms with van der Waals surface area (Å²) in [4.78, 5) is 0. The van der Waals surface area contributed by atoms with Crippen molar-refractivity contribution in [2.45, 2.75) is 6.54 Å². The Morgan fingerprint density at radius 3 is 2.39 bits per heavy atom. The van der Waals surface area contributed by atoms with Gasteiger partial charge in [-0.15, -0.1) is 0 Å². The van der Waals surface area contributed by atoms with E-state index in [9.17, 15) is 0 Å². The number of nitrogens with two attached hydrogens (primary N) is 1. The van der Waals surface area contributed by atoms with E-state index in [1.165, 1.54) is 0 Å². The zero-order chi connectivity index (χ0) is 13.1. The maximum Gasteiger partial charge on any atom is 0.150 e. The monoisotopic (exact) mass is 301 g/mol. The minimum Gasteiger partial charge on any atom is -0.455 e. The summed E-state index contributed by atoms with van der Waals surface area (Å²) in [7, 11) is 0. The topological polar surface area (TPSA) is 35.2 Å². The zero-order valence-corrected chi connectivity index (χ0v) is 11.6. The molecule has 2 rings (SSSR count). The van der Waals surface area contributed by atoms with Gasteiger partial charge in [0.25, 0.3) is 0 Å². The van der Waals surface area contributed by atoms with Crippen molar-refractivity contribution in [3.63, 3.8) is 0 Å². The fraction of sp³-hybridized carbons (Fsp3) is 0.0769. The number of hydrogen-bond donors (Lipinski definition) is 1. The predicted octanol–water partition coefficient (Wildman–Crippen LogP) is 4.90. The van der Waals surface area contributed by atoms with E-state index in [0.29, 0.717) is 33.1 Å². The first-order chi connectivity index (χ1) is 8.61. The third-order valence-corrected chi connectivity index (χ3v) is 3.42. The predicted molar refractivity (Wildman–Crippen MR) is 75.9 cm³/mol. The van der Waals surface area contributed by atoms with Crippen molar-refractivity contribution in [3.05, 3.63) is 57.0 Å². The Morgan fingerprint density at radius 1 is 0.944 bits per heavy atom. The van der Waals surface area contributed by atoms with E-state index in [0.717, 1.165) is 5.56 Å². The minimum absolute atomic E-state index is 0.344. The Balaban J connectivity index is 2.36. The van der Waals surface area contributed by atoms with E-state index in [1.807, 2.05) is 12.1 Å². The van der Waals surface area contributed by atoms with Crippen LogP contribution in [0.15, 0.2) is 36.4 Å². The van der Waals surface area contributed by atoms with Crippen molar-refractivity contribution in [2.24, 2.45) is 5.73 Å². The van der Waals surface area contributed by atoms with Gasteiger partial charge in [0.15, 0.2) is 0 Å². The molecule has 0 bridgehead atoms. The quantitative estimate of drug-likeness (QED) is 0.875. The molecule has 0 radical (unpaired) electrons. The molecule has 0 amide bonds. The highest BCUT2D eigenvalue weighted by atomic mass is 35.5. The molecule has 2 N–H and O–H groups in total. The fourth-order valence-corrected chi connectivity index (χ4v) is 2.01. The zero-order valence-electron chi connectivity index (χ0n) is 9.29. The lowest BCUT2D eigenvalue weighted by Crippen LogP contribution is -1.99. The van der Waals surface area contributed by atoms with E-state index in [-0.39, 0.29) is 0 Å². The summed E-state index contributed by atoms with van der Waals surface area (Å²) in [5.74, 6) is 1.10. The average Bonchev–Trinajstić information content (AvgIpc) is 2.36. The summed E-state index contributed by atoms with van der Waals surface area (Å²) in [5, 5.41) is 1.40. The van der Waals surface area contributed by atoms with Gasteiger partial charge in [-0.25, -0.2) is 0 Å². The highest BCUT2D eigenvalue weighted by molar-refractivity contribution is 6.42. The van der Waals surface area contributed by atoms with Gasteiger partial charge in [-0.1, -0.05) is 46.9 Å². The second kappa shape index (κ2) is 5.81. The summed E-state index contributed by atoms with van der Waals surface area (Å²) < 4.78 is 5.71. The van der Waals surface area contributed by atoms with E-state index in [1.54, 1.807) is 24.3 Å². The molecule has 2 aromatic rings. The Bertz CT molecular complexity index is 572. The molecule has 0 saturated carbocycles. The molecule has 0 atom stereocenters. The Kier molecular flexibility index (Phi) is 4.36. The third-order valence-electron chi connectivity index (χ3n) is 2.38. The highest BCUT2D eigenvalue weighted by Crippen LogP contribution is 2.35. The van der Waals surface area contributed by atoms with Gasteiger partial charge in [0.05, 0.1) is 15.1 Å². The first-order valence-electron chi connectivity index (χ1n) is 5.22. The van der Waals surface area contributed by atoms with Gasteiger partial charge in [0, 0.05) is 18.2 Å². The summed E-state index contributed by atoms with van der Waals surface area (Å²) in [6, 6.07) is 10.4. The molecular weight excluding hydrogens is 293 g/mol. The lowest BCUT2D eigenvalue weighted by Gasteiger charge is -2.12. The first-order valence-corrected chi connectivity index (χ1v) is 6.35. The van der Waals surface area contributed by atoms with E-state index in [2.05, 4.69) is 0 Å². The van der Waals surface area contributed by atoms with Gasteiger partial charge in [-0.2, -0.15) is 0 Å². The van der Waals surface area contributed by atoms with Crippen LogP contribution < -0.4 is 10.5 Å². The van der Waals surface area contributed by atoms with Gasteiger partial charge >= 0.3 is 0 Å². The Hall–Kier alpha value is -0.930. The molecule has 0 aromatic heterocycles. The van der Waals surface area contributed by atoms with E-state index >= 15 is 0 Å². The SMILES string of the molecule is NCc1cccc(Cl)c1Oc1ccc(Cl)c(Cl)c1. The van der Waals surface area contributed by atoms with Gasteiger partial charge in [0.1, 0.15) is 11.5 Å². The number of benzene rings is 2. The molecule has 2 aromatic carbocycles. The molecule has 94 valence electrons. The highest BCUT2D eigenvalue weighted by Gasteiger charge is 2.09. The molecule has 2 nitrogen and oxygen atoms in total. The second-order valence-electron chi connectivity index (χ2n) is 3.61. The number of halogens is 3. The van der Waals surface area contributed by atoms with Crippen LogP contribution in [0.5, 0.6) is 11.5 Å². The molecule has 18 heavy (non-hydrogen) atoms. The average molecular weight is 303 g/mol. The molecule has 5 heteroatoms. The molecule has 0 aliphatic heterocycles. The standard InChI is InChI=1S/C13H10Cl3NO/c14-10-5-4-9(6-12(10)16)18-13-8(7-17)2-1-3-11(13)15/h1-6H,7,17H2. The van der Waals surface area contributed by atoms with Crippen molar-refractivity contribution >= 4 is 34.8 Å². The lowest BCUT2D eigenvalue weighted by molar-refractivity contribution is 0.476. The van der Waals surface area contributed by atoms with Gasteiger partial charge in [-0.3, -0.25) is 0 Å². The van der Waals surface area contributed by atoms with Crippen molar-refractivity contribution in [3.8, 4) is 11.5 Å². The van der Waals surface area contributed by atoms with Crippen LogP contribution in [-0.2, 0) is 6.54 Å². The van der Waals surface area contributed by atoms with E-state index in [4.69, 9.17) is 45.3 Å². The smallest absolute Gasteiger partial charge is 0.150 e. The molecule has 0 unspecified atom stereocenters. The number of rotatable bonds is 3. The Labute approximate surface area is 120 Å². The van der Waals surface area contributed by atoms with E-state index < -0.39 is 0 Å². The van der Waals surface area contributed by atoms with Crippen LogP contribution in [0.25, 0.3) is 0 Å². The maximum absolute atomic E-state index is 6.09. The minimum atomic E-state index is 0.344. The van der Waals surface area contributed by atoms with Crippen molar-refractivity contribution in [2.75, 3.05) is 0 Å². The van der Waals surface area contributed by atoms with Crippen molar-refractivity contribution in [1.82, 2.24) is 0 Å².